The van der Waals surface area contributed by atoms with Gasteiger partial charge in [0.15, 0.2) is 0 Å². The van der Waals surface area contributed by atoms with Gasteiger partial charge in [0.2, 0.25) is 5.95 Å². The third kappa shape index (κ3) is 5.56. The molecule has 1 aliphatic rings. The van der Waals surface area contributed by atoms with Crippen LogP contribution in [0, 0.1) is 11.8 Å². The number of anilines is 1. The van der Waals surface area contributed by atoms with Gasteiger partial charge in [0.25, 0.3) is 0 Å². The summed E-state index contributed by atoms with van der Waals surface area (Å²) in [6.45, 7) is 5.22. The molecule has 3 aromatic rings. The first-order chi connectivity index (χ1) is 15.5. The molecule has 0 aliphatic heterocycles. The molecule has 0 amide bonds. The van der Waals surface area contributed by atoms with Crippen molar-refractivity contribution in [1.29, 1.82) is 0 Å². The molecular weight excluding hydrogens is 420 g/mol. The van der Waals surface area contributed by atoms with Gasteiger partial charge in [-0.15, -0.1) is 0 Å². The Morgan fingerprint density at radius 2 is 2.00 bits per heavy atom. The SMILES string of the molecule is CC(C)[C@H]1CC[C@H](Nc2nccc(-n3ccc4c(OCCC[S+](C)[O-])cccc43)n2)CC1. The van der Waals surface area contributed by atoms with Crippen LogP contribution in [-0.2, 0) is 11.2 Å². The Morgan fingerprint density at radius 1 is 1.19 bits per heavy atom. The normalized spacial score (nSPS) is 19.9. The largest absolute Gasteiger partial charge is 0.617 e. The molecule has 0 bridgehead atoms. The first kappa shape index (κ1) is 22.9. The van der Waals surface area contributed by atoms with Gasteiger partial charge in [-0.3, -0.25) is 0 Å². The minimum absolute atomic E-state index is 0.444. The highest BCUT2D eigenvalue weighted by Crippen LogP contribution is 2.31. The summed E-state index contributed by atoms with van der Waals surface area (Å²) in [7, 11) is 0. The van der Waals surface area contributed by atoms with Gasteiger partial charge in [-0.25, -0.2) is 4.98 Å². The van der Waals surface area contributed by atoms with E-state index in [0.29, 0.717) is 24.3 Å². The predicted octanol–water partition coefficient (Wildman–Crippen LogP) is 5.19. The maximum atomic E-state index is 11.3. The molecule has 1 unspecified atom stereocenters. The Hall–Kier alpha value is -2.25. The van der Waals surface area contributed by atoms with Crippen LogP contribution in [0.2, 0.25) is 0 Å². The summed E-state index contributed by atoms with van der Waals surface area (Å²) >= 11 is -0.785. The minimum Gasteiger partial charge on any atom is -0.617 e. The van der Waals surface area contributed by atoms with E-state index in [1.807, 2.05) is 30.6 Å². The second-order valence-corrected chi connectivity index (χ2v) is 10.6. The van der Waals surface area contributed by atoms with Crippen molar-refractivity contribution in [2.45, 2.75) is 52.0 Å². The number of nitrogens with zero attached hydrogens (tertiary/aromatic N) is 3. The van der Waals surface area contributed by atoms with Crippen molar-refractivity contribution in [3.8, 4) is 11.6 Å². The number of ether oxygens (including phenoxy) is 1. The summed E-state index contributed by atoms with van der Waals surface area (Å²) in [5.41, 5.74) is 1.05. The molecule has 0 saturated heterocycles. The van der Waals surface area contributed by atoms with Gasteiger partial charge < -0.3 is 19.2 Å². The summed E-state index contributed by atoms with van der Waals surface area (Å²) in [6, 6.07) is 10.5. The Kier molecular flexibility index (Phi) is 7.58. The number of nitrogens with one attached hydrogen (secondary N) is 1. The van der Waals surface area contributed by atoms with Crippen LogP contribution in [-0.4, -0.2) is 43.7 Å². The van der Waals surface area contributed by atoms with Gasteiger partial charge in [-0.2, -0.15) is 4.98 Å². The second-order valence-electron chi connectivity index (χ2n) is 9.09. The summed E-state index contributed by atoms with van der Waals surface area (Å²) in [5, 5.41) is 4.61. The van der Waals surface area contributed by atoms with Crippen LogP contribution >= 0.6 is 0 Å². The van der Waals surface area contributed by atoms with Gasteiger partial charge >= 0.3 is 0 Å². The molecule has 1 N–H and O–H groups in total. The lowest BCUT2D eigenvalue weighted by atomic mass is 9.80. The third-order valence-electron chi connectivity index (χ3n) is 6.46. The predicted molar refractivity (Wildman–Crippen MR) is 132 cm³/mol. The van der Waals surface area contributed by atoms with Crippen LogP contribution in [0.1, 0.15) is 46.0 Å². The van der Waals surface area contributed by atoms with E-state index in [2.05, 4.69) is 40.8 Å². The maximum Gasteiger partial charge on any atom is 0.224 e. The Labute approximate surface area is 194 Å². The smallest absolute Gasteiger partial charge is 0.224 e. The molecule has 2 heterocycles. The van der Waals surface area contributed by atoms with E-state index in [0.717, 1.165) is 40.7 Å². The average Bonchev–Trinajstić information content (AvgIpc) is 3.22. The highest BCUT2D eigenvalue weighted by atomic mass is 32.2. The summed E-state index contributed by atoms with van der Waals surface area (Å²) < 4.78 is 19.3. The maximum absolute atomic E-state index is 11.3. The molecule has 0 spiro atoms. The van der Waals surface area contributed by atoms with Crippen molar-refractivity contribution < 1.29 is 9.29 Å². The molecule has 2 aromatic heterocycles. The highest BCUT2D eigenvalue weighted by Gasteiger charge is 2.23. The molecule has 32 heavy (non-hydrogen) atoms. The van der Waals surface area contributed by atoms with E-state index in [1.54, 1.807) is 6.26 Å². The fraction of sp³-hybridized carbons (Fsp3) is 0.520. The van der Waals surface area contributed by atoms with Crippen LogP contribution in [0.4, 0.5) is 5.95 Å². The molecule has 1 aromatic carbocycles. The zero-order valence-corrected chi connectivity index (χ0v) is 20.1. The Balaban J connectivity index is 1.46. The lowest BCUT2D eigenvalue weighted by Gasteiger charge is -2.31. The van der Waals surface area contributed by atoms with Gasteiger partial charge in [0, 0.05) is 30.2 Å². The van der Waals surface area contributed by atoms with Crippen molar-refractivity contribution in [3.05, 3.63) is 42.7 Å². The quantitative estimate of drug-likeness (QED) is 0.355. The lowest BCUT2D eigenvalue weighted by Crippen LogP contribution is -2.28. The topological polar surface area (TPSA) is 75.0 Å². The fourth-order valence-corrected chi connectivity index (χ4v) is 5.10. The average molecular weight is 455 g/mol. The van der Waals surface area contributed by atoms with Gasteiger partial charge in [-0.1, -0.05) is 31.1 Å². The molecular formula is C25H34N4O2S. The van der Waals surface area contributed by atoms with E-state index in [-0.39, 0.29) is 0 Å². The van der Waals surface area contributed by atoms with Crippen molar-refractivity contribution in [3.63, 3.8) is 0 Å². The van der Waals surface area contributed by atoms with Gasteiger partial charge in [-0.05, 0) is 61.8 Å². The lowest BCUT2D eigenvalue weighted by molar-refractivity contribution is 0.266. The molecule has 1 saturated carbocycles. The molecule has 172 valence electrons. The third-order valence-corrected chi connectivity index (χ3v) is 7.33. The van der Waals surface area contributed by atoms with E-state index < -0.39 is 11.2 Å². The first-order valence-electron chi connectivity index (χ1n) is 11.6. The van der Waals surface area contributed by atoms with Gasteiger partial charge in [0.05, 0.1) is 18.4 Å². The van der Waals surface area contributed by atoms with Crippen LogP contribution in [0.15, 0.2) is 42.7 Å². The molecule has 4 rings (SSSR count). The summed E-state index contributed by atoms with van der Waals surface area (Å²) in [5.74, 6) is 4.64. The van der Waals surface area contributed by atoms with Gasteiger partial charge in [0.1, 0.15) is 17.3 Å². The second kappa shape index (κ2) is 10.6. The Morgan fingerprint density at radius 3 is 2.75 bits per heavy atom. The monoisotopic (exact) mass is 454 g/mol. The van der Waals surface area contributed by atoms with Crippen LogP contribution in [0.25, 0.3) is 16.7 Å². The number of hydrogen-bond acceptors (Lipinski definition) is 5. The number of aromatic nitrogens is 3. The van der Waals surface area contributed by atoms with Crippen LogP contribution < -0.4 is 10.1 Å². The first-order valence-corrected chi connectivity index (χ1v) is 13.4. The van der Waals surface area contributed by atoms with Crippen LogP contribution in [0.3, 0.4) is 0 Å². The zero-order chi connectivity index (χ0) is 22.5. The van der Waals surface area contributed by atoms with E-state index >= 15 is 0 Å². The number of fused-ring (bicyclic) bond motifs is 1. The van der Waals surface area contributed by atoms with Crippen molar-refractivity contribution >= 4 is 28.0 Å². The fourth-order valence-electron chi connectivity index (χ4n) is 4.58. The number of hydrogen-bond donors (Lipinski definition) is 1. The summed E-state index contributed by atoms with van der Waals surface area (Å²) in [4.78, 5) is 9.28. The molecule has 1 atom stereocenters. The van der Waals surface area contributed by atoms with Crippen molar-refractivity contribution in [2.75, 3.05) is 23.9 Å². The van der Waals surface area contributed by atoms with Crippen molar-refractivity contribution in [1.82, 2.24) is 14.5 Å². The van der Waals surface area contributed by atoms with E-state index in [4.69, 9.17) is 9.72 Å². The van der Waals surface area contributed by atoms with Crippen molar-refractivity contribution in [2.24, 2.45) is 11.8 Å². The zero-order valence-electron chi connectivity index (χ0n) is 19.3. The summed E-state index contributed by atoms with van der Waals surface area (Å²) in [6.07, 6.45) is 11.2. The molecule has 7 heteroatoms. The standard InChI is InChI=1S/C25H34N4O2S/c1-18(2)19-8-10-20(11-9-19)27-25-26-14-12-24(28-25)29-15-13-21-22(29)6-4-7-23(21)31-16-5-17-32(3)30/h4,6-7,12-15,18-20H,5,8-11,16-17H2,1-3H3,(H,26,27,28)/t19-,20-,32?. The Bertz CT molecular complexity index is 1010. The minimum atomic E-state index is -0.785. The number of rotatable bonds is 9. The molecule has 1 fully saturated rings. The van der Waals surface area contributed by atoms with E-state index in [9.17, 15) is 4.55 Å². The molecule has 0 radical (unpaired) electrons. The molecule has 1 aliphatic carbocycles. The highest BCUT2D eigenvalue weighted by molar-refractivity contribution is 7.90. The van der Waals surface area contributed by atoms with Crippen LogP contribution in [0.5, 0.6) is 5.75 Å². The van der Waals surface area contributed by atoms with E-state index in [1.165, 1.54) is 25.7 Å². The molecule has 6 nitrogen and oxygen atoms in total. The number of benzene rings is 1.